The van der Waals surface area contributed by atoms with Gasteiger partial charge in [-0.1, -0.05) is 352 Å². The second kappa shape index (κ2) is 67.9. The third-order valence-electron chi connectivity index (χ3n) is 15.8. The molecule has 0 bridgehead atoms. The van der Waals surface area contributed by atoms with E-state index in [1.165, 1.54) is 257 Å². The van der Waals surface area contributed by atoms with Gasteiger partial charge < -0.3 is 14.2 Å². The van der Waals surface area contributed by atoms with Gasteiger partial charge in [0.05, 0.1) is 0 Å². The van der Waals surface area contributed by atoms with Gasteiger partial charge in [-0.05, 0) is 57.8 Å². The summed E-state index contributed by atoms with van der Waals surface area (Å²) in [6, 6.07) is 0. The van der Waals surface area contributed by atoms with Crippen molar-refractivity contribution in [2.45, 2.75) is 386 Å². The highest BCUT2D eigenvalue weighted by atomic mass is 16.6. The summed E-state index contributed by atoms with van der Waals surface area (Å²) < 4.78 is 16.9. The first-order valence-electron chi connectivity index (χ1n) is 35.1. The van der Waals surface area contributed by atoms with Crippen LogP contribution in [0.3, 0.4) is 0 Å². The van der Waals surface area contributed by atoms with Crippen LogP contribution in [0.1, 0.15) is 380 Å². The number of hydrogen-bond acceptors (Lipinski definition) is 6. The summed E-state index contributed by atoms with van der Waals surface area (Å²) in [5.74, 6) is -0.848. The van der Waals surface area contributed by atoms with E-state index in [0.717, 1.165) is 83.5 Å². The van der Waals surface area contributed by atoms with Crippen molar-refractivity contribution in [1.82, 2.24) is 0 Å². The van der Waals surface area contributed by atoms with Gasteiger partial charge in [-0.25, -0.2) is 0 Å². The third-order valence-corrected chi connectivity index (χ3v) is 15.8. The molecule has 0 aliphatic heterocycles. The van der Waals surface area contributed by atoms with Crippen LogP contribution in [-0.2, 0) is 28.6 Å². The summed E-state index contributed by atoms with van der Waals surface area (Å²) in [6.07, 6.45) is 86.2. The van der Waals surface area contributed by atoms with Crippen molar-refractivity contribution >= 4 is 17.9 Å². The molecule has 0 aliphatic carbocycles. The Morgan fingerprint density at radius 1 is 0.266 bits per heavy atom. The molecule has 0 radical (unpaired) electrons. The van der Waals surface area contributed by atoms with Crippen molar-refractivity contribution in [3.8, 4) is 0 Å². The Morgan fingerprint density at radius 3 is 0.772 bits per heavy atom. The Bertz CT molecular complexity index is 1360. The number of rotatable bonds is 65. The number of carbonyl (C=O) groups is 3. The molecule has 1 unspecified atom stereocenters. The van der Waals surface area contributed by atoms with E-state index < -0.39 is 6.10 Å². The van der Waals surface area contributed by atoms with E-state index in [-0.39, 0.29) is 31.1 Å². The van der Waals surface area contributed by atoms with E-state index in [2.05, 4.69) is 69.4 Å². The summed E-state index contributed by atoms with van der Waals surface area (Å²) in [6.45, 7) is 6.53. The van der Waals surface area contributed by atoms with E-state index in [0.29, 0.717) is 19.3 Å². The van der Waals surface area contributed by atoms with E-state index in [1.54, 1.807) is 0 Å². The van der Waals surface area contributed by atoms with Gasteiger partial charge in [0, 0.05) is 19.3 Å². The molecule has 0 heterocycles. The van der Waals surface area contributed by atoms with Crippen LogP contribution in [0.25, 0.3) is 0 Å². The number of hydrogen-bond donors (Lipinski definition) is 0. The molecule has 0 saturated heterocycles. The molecule has 0 aromatic heterocycles. The highest BCUT2D eigenvalue weighted by molar-refractivity contribution is 5.71. The molecule has 0 aliphatic rings. The first kappa shape index (κ1) is 76.4. The van der Waals surface area contributed by atoms with Crippen molar-refractivity contribution in [2.75, 3.05) is 13.2 Å². The number of esters is 3. The number of unbranched alkanes of at least 4 members (excludes halogenated alkanes) is 46. The minimum Gasteiger partial charge on any atom is -0.462 e. The lowest BCUT2D eigenvalue weighted by atomic mass is 10.0. The predicted octanol–water partition coefficient (Wildman–Crippen LogP) is 24.1. The summed E-state index contributed by atoms with van der Waals surface area (Å²) >= 11 is 0. The summed E-state index contributed by atoms with van der Waals surface area (Å²) in [5, 5.41) is 0. The van der Waals surface area contributed by atoms with Crippen LogP contribution < -0.4 is 0 Å². The molecular weight excluding hydrogens is 973 g/mol. The molecule has 0 N–H and O–H groups in total. The van der Waals surface area contributed by atoms with Gasteiger partial charge >= 0.3 is 17.9 Å². The fraction of sp³-hybridized carbons (Fsp3) is 0.849. The molecule has 79 heavy (non-hydrogen) atoms. The molecule has 0 aromatic rings. The highest BCUT2D eigenvalue weighted by Crippen LogP contribution is 2.19. The normalized spacial score (nSPS) is 12.3. The Kier molecular flexibility index (Phi) is 65.6. The van der Waals surface area contributed by atoms with Gasteiger partial charge in [-0.2, -0.15) is 0 Å². The Labute approximate surface area is 492 Å². The number of ether oxygens (including phenoxy) is 3. The maximum Gasteiger partial charge on any atom is 0.306 e. The van der Waals surface area contributed by atoms with Crippen LogP contribution in [0.4, 0.5) is 0 Å². The third kappa shape index (κ3) is 66.1. The zero-order chi connectivity index (χ0) is 57.1. The largest absolute Gasteiger partial charge is 0.462 e. The van der Waals surface area contributed by atoms with Crippen molar-refractivity contribution in [3.63, 3.8) is 0 Å². The van der Waals surface area contributed by atoms with Gasteiger partial charge in [-0.15, -0.1) is 0 Å². The van der Waals surface area contributed by atoms with Crippen molar-refractivity contribution < 1.29 is 28.6 Å². The molecule has 0 aromatic carbocycles. The minimum absolute atomic E-state index is 0.0655. The lowest BCUT2D eigenvalue weighted by Crippen LogP contribution is -2.30. The van der Waals surface area contributed by atoms with Gasteiger partial charge in [-0.3, -0.25) is 14.4 Å². The van der Waals surface area contributed by atoms with Crippen molar-refractivity contribution in [1.29, 1.82) is 0 Å². The quantitative estimate of drug-likeness (QED) is 0.0261. The van der Waals surface area contributed by atoms with Crippen LogP contribution >= 0.6 is 0 Å². The SMILES string of the molecule is CC/C=C\C/C=C\C/C=C\C/C=C\CCCCCCCCCCCCCCCCCCCCCCCCC(=O)OCC(COC(=O)CCCCCCCC)OC(=O)CCCCCCCCCCCCCCCCCCCCCC. The second-order valence-corrected chi connectivity index (χ2v) is 23.8. The highest BCUT2D eigenvalue weighted by Gasteiger charge is 2.19. The lowest BCUT2D eigenvalue weighted by molar-refractivity contribution is -0.167. The van der Waals surface area contributed by atoms with Gasteiger partial charge in [0.25, 0.3) is 0 Å². The molecule has 1 atom stereocenters. The predicted molar refractivity (Wildman–Crippen MR) is 344 cm³/mol. The van der Waals surface area contributed by atoms with Gasteiger partial charge in [0.15, 0.2) is 6.10 Å². The number of allylic oxidation sites excluding steroid dienone is 8. The fourth-order valence-electron chi connectivity index (χ4n) is 10.6. The van der Waals surface area contributed by atoms with Crippen LogP contribution in [-0.4, -0.2) is 37.2 Å². The van der Waals surface area contributed by atoms with Crippen molar-refractivity contribution in [2.24, 2.45) is 0 Å². The smallest absolute Gasteiger partial charge is 0.306 e. The van der Waals surface area contributed by atoms with E-state index in [9.17, 15) is 14.4 Å². The Hall–Kier alpha value is -2.63. The van der Waals surface area contributed by atoms with E-state index in [4.69, 9.17) is 14.2 Å². The fourth-order valence-corrected chi connectivity index (χ4v) is 10.6. The first-order valence-corrected chi connectivity index (χ1v) is 35.1. The summed E-state index contributed by atoms with van der Waals surface area (Å²) in [5.41, 5.74) is 0. The lowest BCUT2D eigenvalue weighted by Gasteiger charge is -2.18. The van der Waals surface area contributed by atoms with Crippen LogP contribution in [0.15, 0.2) is 48.6 Å². The van der Waals surface area contributed by atoms with Gasteiger partial charge in [0.2, 0.25) is 0 Å². The molecule has 0 fully saturated rings. The summed E-state index contributed by atoms with van der Waals surface area (Å²) in [4.78, 5) is 38.1. The van der Waals surface area contributed by atoms with E-state index in [1.807, 2.05) is 0 Å². The zero-order valence-electron chi connectivity index (χ0n) is 53.2. The first-order chi connectivity index (χ1) is 39.0. The standard InChI is InChI=1S/C73H134O6/c1-4-7-10-13-16-18-20-22-24-26-28-30-31-32-33-34-35-36-37-38-39-40-41-42-43-44-46-47-49-51-53-55-57-60-63-66-72(75)78-69-70(68-77-71(74)65-62-59-15-12-9-6-3)79-73(76)67-64-61-58-56-54-52-50-48-45-29-27-25-23-21-19-17-14-11-8-5-2/h7,10,16,18,22,24,28,30,70H,4-6,8-9,11-15,17,19-21,23,25-27,29,31-69H2,1-3H3/b10-7-,18-16-,24-22-,30-28-. The van der Waals surface area contributed by atoms with Crippen LogP contribution in [0.5, 0.6) is 0 Å². The molecular formula is C73H134O6. The molecule has 0 saturated carbocycles. The zero-order valence-corrected chi connectivity index (χ0v) is 53.2. The Balaban J connectivity index is 3.91. The van der Waals surface area contributed by atoms with Crippen LogP contribution in [0.2, 0.25) is 0 Å². The molecule has 0 rings (SSSR count). The topological polar surface area (TPSA) is 78.9 Å². The van der Waals surface area contributed by atoms with Gasteiger partial charge in [0.1, 0.15) is 13.2 Å². The average molecular weight is 1110 g/mol. The summed E-state index contributed by atoms with van der Waals surface area (Å²) in [7, 11) is 0. The monoisotopic (exact) mass is 1110 g/mol. The molecule has 6 heteroatoms. The average Bonchev–Trinajstić information content (AvgIpc) is 3.45. The molecule has 6 nitrogen and oxygen atoms in total. The Morgan fingerprint density at radius 2 is 0.494 bits per heavy atom. The second-order valence-electron chi connectivity index (χ2n) is 23.8. The van der Waals surface area contributed by atoms with E-state index >= 15 is 0 Å². The maximum atomic E-state index is 12.9. The molecule has 462 valence electrons. The maximum absolute atomic E-state index is 12.9. The van der Waals surface area contributed by atoms with Crippen LogP contribution in [0, 0.1) is 0 Å². The molecule has 0 amide bonds. The van der Waals surface area contributed by atoms with Crippen molar-refractivity contribution in [3.05, 3.63) is 48.6 Å². The minimum atomic E-state index is -0.765. The number of carbonyl (C=O) groups excluding carboxylic acids is 3. The molecule has 0 spiro atoms.